The molecule has 1 heterocycles. The molecule has 3 aromatic carbocycles. The van der Waals surface area contributed by atoms with E-state index in [1.165, 1.54) is 7.11 Å². The van der Waals surface area contributed by atoms with Crippen LogP contribution < -0.4 is 0 Å². The lowest BCUT2D eigenvalue weighted by Crippen LogP contribution is -2.16. The SMILES string of the molecule is CCCCc1nc2ccccc2n1Cc1ccc(-c2ccccc2C(=O)C(=O)OC)cc1. The maximum atomic E-state index is 12.4. The summed E-state index contributed by atoms with van der Waals surface area (Å²) in [4.78, 5) is 29.0. The van der Waals surface area contributed by atoms with E-state index in [1.54, 1.807) is 12.1 Å². The number of carbonyl (C=O) groups is 2. The number of benzene rings is 3. The van der Waals surface area contributed by atoms with Crippen molar-refractivity contribution in [3.05, 3.63) is 89.7 Å². The van der Waals surface area contributed by atoms with Crippen LogP contribution in [0.4, 0.5) is 0 Å². The Balaban J connectivity index is 1.64. The summed E-state index contributed by atoms with van der Waals surface area (Å²) in [6.45, 7) is 2.91. The standard InChI is InChI=1S/C27H26N2O3/c1-3-4-13-25-28-23-11-7-8-12-24(23)29(25)18-19-14-16-20(17-15-19)21-9-5-6-10-22(21)26(30)27(31)32-2/h5-12,14-17H,3-4,13,18H2,1-2H3. The fraction of sp³-hybridized carbons (Fsp3) is 0.222. The van der Waals surface area contributed by atoms with E-state index in [1.807, 2.05) is 36.4 Å². The number of fused-ring (bicyclic) bond motifs is 1. The molecule has 0 amide bonds. The molecule has 0 radical (unpaired) electrons. The third kappa shape index (κ3) is 4.33. The zero-order valence-corrected chi connectivity index (χ0v) is 18.4. The van der Waals surface area contributed by atoms with Crippen LogP contribution in [0.5, 0.6) is 0 Å². The smallest absolute Gasteiger partial charge is 0.379 e. The number of aromatic nitrogens is 2. The average molecular weight is 427 g/mol. The maximum absolute atomic E-state index is 12.4. The molecule has 1 aromatic heterocycles. The molecule has 0 aliphatic rings. The fourth-order valence-corrected chi connectivity index (χ4v) is 3.94. The number of unbranched alkanes of at least 4 members (excludes halogenated alkanes) is 1. The molecule has 0 unspecified atom stereocenters. The first-order valence-electron chi connectivity index (χ1n) is 10.9. The van der Waals surface area contributed by atoms with Gasteiger partial charge in [-0.15, -0.1) is 0 Å². The van der Waals surface area contributed by atoms with Crippen LogP contribution in [-0.4, -0.2) is 28.4 Å². The number of carbonyl (C=O) groups excluding carboxylic acids is 2. The zero-order valence-electron chi connectivity index (χ0n) is 18.4. The molecular weight excluding hydrogens is 400 g/mol. The van der Waals surface area contributed by atoms with Crippen molar-refractivity contribution in [3.8, 4) is 11.1 Å². The van der Waals surface area contributed by atoms with Crippen LogP contribution in [0.3, 0.4) is 0 Å². The molecular formula is C27H26N2O3. The Kier molecular flexibility index (Phi) is 6.45. The number of hydrogen-bond acceptors (Lipinski definition) is 4. The van der Waals surface area contributed by atoms with Crippen molar-refractivity contribution in [2.45, 2.75) is 32.7 Å². The van der Waals surface area contributed by atoms with E-state index in [2.05, 4.69) is 40.5 Å². The first-order valence-corrected chi connectivity index (χ1v) is 10.9. The van der Waals surface area contributed by atoms with Gasteiger partial charge in [0.25, 0.3) is 5.78 Å². The number of imidazole rings is 1. The Morgan fingerprint density at radius 3 is 2.41 bits per heavy atom. The summed E-state index contributed by atoms with van der Waals surface area (Å²) in [5, 5.41) is 0. The number of aryl methyl sites for hydroxylation is 1. The van der Waals surface area contributed by atoms with Gasteiger partial charge < -0.3 is 9.30 Å². The lowest BCUT2D eigenvalue weighted by Gasteiger charge is -2.11. The van der Waals surface area contributed by atoms with Gasteiger partial charge in [-0.25, -0.2) is 9.78 Å². The first-order chi connectivity index (χ1) is 15.6. The van der Waals surface area contributed by atoms with Crippen LogP contribution in [0.1, 0.15) is 41.5 Å². The molecule has 0 saturated carbocycles. The summed E-state index contributed by atoms with van der Waals surface area (Å²) in [5.74, 6) is -0.399. The van der Waals surface area contributed by atoms with E-state index < -0.39 is 11.8 Å². The third-order valence-electron chi connectivity index (χ3n) is 5.64. The van der Waals surface area contributed by atoms with Gasteiger partial charge in [-0.1, -0.05) is 74.0 Å². The minimum Gasteiger partial charge on any atom is -0.463 e. The van der Waals surface area contributed by atoms with Crippen LogP contribution in [0.2, 0.25) is 0 Å². The van der Waals surface area contributed by atoms with Crippen LogP contribution in [0.25, 0.3) is 22.2 Å². The van der Waals surface area contributed by atoms with Crippen molar-refractivity contribution in [2.75, 3.05) is 7.11 Å². The van der Waals surface area contributed by atoms with Gasteiger partial charge >= 0.3 is 5.97 Å². The molecule has 0 aliphatic carbocycles. The molecule has 0 fully saturated rings. The first kappa shape index (κ1) is 21.5. The Bertz CT molecular complexity index is 1260. The summed E-state index contributed by atoms with van der Waals surface area (Å²) in [6, 6.07) is 23.4. The molecule has 0 atom stereocenters. The van der Waals surface area contributed by atoms with E-state index in [9.17, 15) is 9.59 Å². The third-order valence-corrected chi connectivity index (χ3v) is 5.64. The van der Waals surface area contributed by atoms with E-state index in [-0.39, 0.29) is 0 Å². The van der Waals surface area contributed by atoms with Crippen molar-refractivity contribution in [1.29, 1.82) is 0 Å². The van der Waals surface area contributed by atoms with E-state index >= 15 is 0 Å². The topological polar surface area (TPSA) is 61.2 Å². The summed E-state index contributed by atoms with van der Waals surface area (Å²) < 4.78 is 6.90. The highest BCUT2D eigenvalue weighted by molar-refractivity contribution is 6.41. The van der Waals surface area contributed by atoms with Gasteiger partial charge in [0.2, 0.25) is 0 Å². The number of rotatable bonds is 8. The van der Waals surface area contributed by atoms with Gasteiger partial charge in [0.05, 0.1) is 18.1 Å². The summed E-state index contributed by atoms with van der Waals surface area (Å²) in [7, 11) is 1.21. The molecule has 162 valence electrons. The minimum atomic E-state index is -0.860. The molecule has 0 aliphatic heterocycles. The van der Waals surface area contributed by atoms with Crippen molar-refractivity contribution in [1.82, 2.24) is 9.55 Å². The largest absolute Gasteiger partial charge is 0.463 e. The lowest BCUT2D eigenvalue weighted by atomic mass is 9.96. The van der Waals surface area contributed by atoms with Gasteiger partial charge in [0, 0.05) is 18.5 Å². The second-order valence-electron chi connectivity index (χ2n) is 7.77. The van der Waals surface area contributed by atoms with Crippen molar-refractivity contribution in [2.24, 2.45) is 0 Å². The Hall–Kier alpha value is -3.73. The van der Waals surface area contributed by atoms with Crippen LogP contribution >= 0.6 is 0 Å². The molecule has 5 heteroatoms. The number of hydrogen-bond donors (Lipinski definition) is 0. The molecule has 32 heavy (non-hydrogen) atoms. The number of ketones is 1. The normalized spacial score (nSPS) is 10.9. The van der Waals surface area contributed by atoms with Gasteiger partial charge in [-0.05, 0) is 35.2 Å². The second kappa shape index (κ2) is 9.60. The number of esters is 1. The van der Waals surface area contributed by atoms with E-state index in [0.29, 0.717) is 11.1 Å². The molecule has 5 nitrogen and oxygen atoms in total. The van der Waals surface area contributed by atoms with Crippen molar-refractivity contribution in [3.63, 3.8) is 0 Å². The number of ether oxygens (including phenoxy) is 1. The number of methoxy groups -OCH3 is 1. The molecule has 4 aromatic rings. The Morgan fingerprint density at radius 2 is 1.66 bits per heavy atom. The fourth-order valence-electron chi connectivity index (χ4n) is 3.94. The quantitative estimate of drug-likeness (QED) is 0.214. The van der Waals surface area contributed by atoms with Gasteiger partial charge in [-0.2, -0.15) is 0 Å². The summed E-state index contributed by atoms with van der Waals surface area (Å²) in [6.07, 6.45) is 3.18. The summed E-state index contributed by atoms with van der Waals surface area (Å²) >= 11 is 0. The van der Waals surface area contributed by atoms with Gasteiger partial charge in [0.1, 0.15) is 5.82 Å². The number of nitrogens with zero attached hydrogens (tertiary/aromatic N) is 2. The monoisotopic (exact) mass is 426 g/mol. The number of Topliss-reactive ketones (excluding diaryl/α,β-unsaturated/α-hetero) is 1. The molecule has 0 N–H and O–H groups in total. The maximum Gasteiger partial charge on any atom is 0.379 e. The van der Waals surface area contributed by atoms with Crippen LogP contribution in [-0.2, 0) is 22.5 Å². The average Bonchev–Trinajstić information content (AvgIpc) is 3.19. The van der Waals surface area contributed by atoms with Crippen LogP contribution in [0.15, 0.2) is 72.8 Å². The minimum absolute atomic E-state index is 0.342. The highest BCUT2D eigenvalue weighted by Gasteiger charge is 2.20. The Morgan fingerprint density at radius 1 is 0.938 bits per heavy atom. The van der Waals surface area contributed by atoms with Crippen LogP contribution in [0, 0.1) is 0 Å². The predicted octanol–water partition coefficient (Wildman–Crippen LogP) is 5.45. The molecule has 4 rings (SSSR count). The molecule has 0 saturated heterocycles. The highest BCUT2D eigenvalue weighted by atomic mass is 16.5. The van der Waals surface area contributed by atoms with Crippen molar-refractivity contribution >= 4 is 22.8 Å². The molecule has 0 bridgehead atoms. The molecule has 0 spiro atoms. The lowest BCUT2D eigenvalue weighted by molar-refractivity contribution is -0.135. The predicted molar refractivity (Wildman–Crippen MR) is 126 cm³/mol. The Labute approximate surface area is 187 Å². The van der Waals surface area contributed by atoms with Crippen molar-refractivity contribution < 1.29 is 14.3 Å². The summed E-state index contributed by atoms with van der Waals surface area (Å²) in [5.41, 5.74) is 5.23. The zero-order chi connectivity index (χ0) is 22.5. The van der Waals surface area contributed by atoms with Gasteiger partial charge in [-0.3, -0.25) is 4.79 Å². The highest BCUT2D eigenvalue weighted by Crippen LogP contribution is 2.26. The van der Waals surface area contributed by atoms with Gasteiger partial charge in [0.15, 0.2) is 0 Å². The number of para-hydroxylation sites is 2. The van der Waals surface area contributed by atoms with E-state index in [0.717, 1.165) is 53.8 Å². The second-order valence-corrected chi connectivity index (χ2v) is 7.77. The van der Waals surface area contributed by atoms with E-state index in [4.69, 9.17) is 4.98 Å².